The fourth-order valence-electron chi connectivity index (χ4n) is 6.57. The Hall–Kier alpha value is 0.0500. The van der Waals surface area contributed by atoms with Gasteiger partial charge in [0.25, 0.3) is 5.97 Å². The zero-order valence-corrected chi connectivity index (χ0v) is 34.3. The largest absolute Gasteiger partial charge is 1.00 e. The summed E-state index contributed by atoms with van der Waals surface area (Å²) < 4.78 is 19.7. The summed E-state index contributed by atoms with van der Waals surface area (Å²) in [5, 5.41) is 19.1. The summed E-state index contributed by atoms with van der Waals surface area (Å²) in [5.74, 6) is -1.04. The average Bonchev–Trinajstić information content (AvgIpc) is 3.07. The lowest BCUT2D eigenvalue weighted by Crippen LogP contribution is -3.10. The number of ether oxygens (including phenoxy) is 3. The Morgan fingerprint density at radius 1 is 0.429 bits per heavy atom. The molecule has 0 aliphatic carbocycles. The predicted octanol–water partition coefficient (Wildman–Crippen LogP) is 7.67. The van der Waals surface area contributed by atoms with Crippen molar-refractivity contribution in [1.82, 2.24) is 0 Å². The number of aliphatic hydroxyl groups is 2. The normalized spacial score (nSPS) is 12.6. The Kier molecular flexibility index (Phi) is 42.6. The minimum Gasteiger partial charge on any atom is -1.00 e. The van der Waals surface area contributed by atoms with Gasteiger partial charge in [0, 0.05) is 0 Å². The first-order valence-electron chi connectivity index (χ1n) is 21.6. The maximum atomic E-state index is 9.54. The Morgan fingerprint density at radius 3 is 0.918 bits per heavy atom. The van der Waals surface area contributed by atoms with Gasteiger partial charge in [0.2, 0.25) is 6.29 Å². The van der Waals surface area contributed by atoms with Crippen molar-refractivity contribution in [2.45, 2.75) is 232 Å². The molecule has 6 nitrogen and oxygen atoms in total. The molecule has 0 spiro atoms. The van der Waals surface area contributed by atoms with Gasteiger partial charge in [0.1, 0.15) is 6.54 Å². The van der Waals surface area contributed by atoms with Gasteiger partial charge < -0.3 is 41.7 Å². The molecule has 0 aromatic heterocycles. The molecule has 49 heavy (non-hydrogen) atoms. The van der Waals surface area contributed by atoms with Crippen LogP contribution in [-0.2, 0) is 14.2 Å². The quantitative estimate of drug-likeness (QED) is 0.0447. The molecular weight excluding hydrogens is 634 g/mol. The molecular formula is C42H88ClNO5. The Morgan fingerprint density at radius 2 is 0.673 bits per heavy atom. The Balaban J connectivity index is 0. The second-order valence-electron chi connectivity index (χ2n) is 14.9. The van der Waals surface area contributed by atoms with E-state index >= 15 is 0 Å². The van der Waals surface area contributed by atoms with Gasteiger partial charge in [-0.15, -0.1) is 0 Å². The van der Waals surface area contributed by atoms with Crippen molar-refractivity contribution in [2.24, 2.45) is 0 Å². The van der Waals surface area contributed by atoms with E-state index < -0.39 is 12.3 Å². The van der Waals surface area contributed by atoms with Crippen LogP contribution in [-0.4, -0.2) is 62.4 Å². The molecule has 0 amide bonds. The third-order valence-electron chi connectivity index (χ3n) is 9.85. The van der Waals surface area contributed by atoms with Crippen LogP contribution in [0.5, 0.6) is 0 Å². The van der Waals surface area contributed by atoms with Crippen molar-refractivity contribution < 1.29 is 41.7 Å². The zero-order chi connectivity index (χ0) is 35.2. The average molecular weight is 723 g/mol. The lowest BCUT2D eigenvalue weighted by Gasteiger charge is -2.34. The van der Waals surface area contributed by atoms with Crippen molar-refractivity contribution in [3.8, 4) is 0 Å². The highest BCUT2D eigenvalue weighted by atomic mass is 35.5. The smallest absolute Gasteiger partial charge is 0.288 e. The summed E-state index contributed by atoms with van der Waals surface area (Å²) in [5.41, 5.74) is 0. The number of halogens is 1. The van der Waals surface area contributed by atoms with E-state index in [9.17, 15) is 10.2 Å². The molecule has 0 heterocycles. The number of hydrogen-bond donors (Lipinski definition) is 3. The zero-order valence-electron chi connectivity index (χ0n) is 33.5. The van der Waals surface area contributed by atoms with Crippen molar-refractivity contribution in [2.75, 3.05) is 40.0 Å². The molecule has 3 N–H and O–H groups in total. The SMILES string of the molecule is CCCCCCCCCCCCOC(CC[NH+](C)CC(O)O)(OCCCCCCCCCCCC)OCCCCCCCCCCCC.[Cl-]. The van der Waals surface area contributed by atoms with Crippen LogP contribution in [0.15, 0.2) is 0 Å². The fourth-order valence-corrected chi connectivity index (χ4v) is 6.57. The Labute approximate surface area is 313 Å². The Bertz CT molecular complexity index is 547. The predicted molar refractivity (Wildman–Crippen MR) is 206 cm³/mol. The first-order chi connectivity index (χ1) is 23.5. The molecule has 298 valence electrons. The first-order valence-corrected chi connectivity index (χ1v) is 21.6. The lowest BCUT2D eigenvalue weighted by atomic mass is 10.1. The van der Waals surface area contributed by atoms with E-state index in [1.54, 1.807) is 0 Å². The lowest BCUT2D eigenvalue weighted by molar-refractivity contribution is -0.887. The van der Waals surface area contributed by atoms with Crippen LogP contribution in [0.25, 0.3) is 0 Å². The van der Waals surface area contributed by atoms with Gasteiger partial charge in [0.15, 0.2) is 0 Å². The molecule has 0 saturated carbocycles. The number of likely N-dealkylation sites (N-methyl/N-ethyl adjacent to an activating group) is 1. The summed E-state index contributed by atoms with van der Waals surface area (Å²) in [6, 6.07) is 0. The van der Waals surface area contributed by atoms with Gasteiger partial charge in [-0.05, 0) is 19.3 Å². The highest BCUT2D eigenvalue weighted by Gasteiger charge is 2.35. The van der Waals surface area contributed by atoms with Crippen molar-refractivity contribution in [3.05, 3.63) is 0 Å². The van der Waals surface area contributed by atoms with Gasteiger partial charge >= 0.3 is 0 Å². The third-order valence-corrected chi connectivity index (χ3v) is 9.85. The van der Waals surface area contributed by atoms with Crippen LogP contribution < -0.4 is 17.3 Å². The van der Waals surface area contributed by atoms with Gasteiger partial charge in [-0.25, -0.2) is 0 Å². The molecule has 0 aromatic carbocycles. The number of hydrogen-bond acceptors (Lipinski definition) is 5. The minimum absolute atomic E-state index is 0. The van der Waals surface area contributed by atoms with Gasteiger partial charge in [-0.1, -0.05) is 194 Å². The van der Waals surface area contributed by atoms with Gasteiger partial charge in [0.05, 0.1) is 39.8 Å². The van der Waals surface area contributed by atoms with E-state index in [0.717, 1.165) is 24.2 Å². The molecule has 1 unspecified atom stereocenters. The van der Waals surface area contributed by atoms with Gasteiger partial charge in [-0.3, -0.25) is 0 Å². The molecule has 0 saturated heterocycles. The number of rotatable bonds is 41. The van der Waals surface area contributed by atoms with E-state index in [-0.39, 0.29) is 19.0 Å². The molecule has 0 fully saturated rings. The maximum Gasteiger partial charge on any atom is 0.288 e. The molecule has 7 heteroatoms. The molecule has 0 aliphatic heterocycles. The van der Waals surface area contributed by atoms with E-state index in [2.05, 4.69) is 20.8 Å². The second kappa shape index (κ2) is 40.8. The molecule has 0 rings (SSSR count). The van der Waals surface area contributed by atoms with Crippen LogP contribution in [0.3, 0.4) is 0 Å². The third kappa shape index (κ3) is 37.6. The summed E-state index contributed by atoms with van der Waals surface area (Å²) in [6.45, 7) is 9.76. The highest BCUT2D eigenvalue weighted by molar-refractivity contribution is 4.61. The second-order valence-corrected chi connectivity index (χ2v) is 14.9. The molecule has 0 aliphatic rings. The summed E-state index contributed by atoms with van der Waals surface area (Å²) >= 11 is 0. The highest BCUT2D eigenvalue weighted by Crippen LogP contribution is 2.23. The van der Waals surface area contributed by atoms with E-state index in [1.165, 1.54) is 173 Å². The van der Waals surface area contributed by atoms with E-state index in [4.69, 9.17) is 14.2 Å². The van der Waals surface area contributed by atoms with Gasteiger partial charge in [-0.2, -0.15) is 0 Å². The van der Waals surface area contributed by atoms with Crippen molar-refractivity contribution in [1.29, 1.82) is 0 Å². The first kappa shape index (κ1) is 51.2. The van der Waals surface area contributed by atoms with Crippen LogP contribution in [0.1, 0.15) is 220 Å². The monoisotopic (exact) mass is 722 g/mol. The molecule has 1 atom stereocenters. The van der Waals surface area contributed by atoms with Crippen molar-refractivity contribution >= 4 is 0 Å². The number of quaternary nitrogens is 1. The maximum absolute atomic E-state index is 9.54. The number of aliphatic hydroxyl groups excluding tert-OH is 1. The van der Waals surface area contributed by atoms with E-state index in [0.29, 0.717) is 32.8 Å². The number of nitrogens with one attached hydrogen (secondary N) is 1. The molecule has 0 radical (unpaired) electrons. The topological polar surface area (TPSA) is 72.6 Å². The molecule has 0 aromatic rings. The number of unbranched alkanes of at least 4 members (excludes halogenated alkanes) is 27. The van der Waals surface area contributed by atoms with Crippen LogP contribution in [0.4, 0.5) is 0 Å². The summed E-state index contributed by atoms with van der Waals surface area (Å²) in [7, 11) is 2.00. The summed E-state index contributed by atoms with van der Waals surface area (Å²) in [6.07, 6.45) is 38.2. The van der Waals surface area contributed by atoms with Crippen LogP contribution >= 0.6 is 0 Å². The van der Waals surface area contributed by atoms with Crippen molar-refractivity contribution in [3.63, 3.8) is 0 Å². The minimum atomic E-state index is -1.31. The summed E-state index contributed by atoms with van der Waals surface area (Å²) in [4.78, 5) is 1.04. The van der Waals surface area contributed by atoms with Crippen LogP contribution in [0, 0.1) is 0 Å². The standard InChI is InChI=1S/C42H87NO5.ClH/c1-5-8-11-14-17-20-23-26-29-32-37-46-42(35-36-43(4)40-41(44)45,47-38-33-30-27-24-21-18-15-12-9-6-2)48-39-34-31-28-25-22-19-16-13-10-7-3;/h41,44-45H,5-40H2,1-4H3;1H. The molecule has 0 bridgehead atoms. The van der Waals surface area contributed by atoms with Crippen LogP contribution in [0.2, 0.25) is 0 Å². The van der Waals surface area contributed by atoms with E-state index in [1.807, 2.05) is 7.05 Å². The fraction of sp³-hybridized carbons (Fsp3) is 1.00.